The van der Waals surface area contributed by atoms with E-state index in [1.165, 1.54) is 24.3 Å². The van der Waals surface area contributed by atoms with Crippen LogP contribution in [0.3, 0.4) is 0 Å². The molecule has 0 bridgehead atoms. The van der Waals surface area contributed by atoms with Gasteiger partial charge in [0.2, 0.25) is 0 Å². The van der Waals surface area contributed by atoms with Gasteiger partial charge in [-0.1, -0.05) is 17.7 Å². The van der Waals surface area contributed by atoms with E-state index in [0.29, 0.717) is 41.1 Å². The van der Waals surface area contributed by atoms with Gasteiger partial charge in [-0.05, 0) is 63.1 Å². The Morgan fingerprint density at radius 3 is 2.39 bits per heavy atom. The topological polar surface area (TPSA) is 83.7 Å². The average Bonchev–Trinajstić information content (AvgIpc) is 3.11. The van der Waals surface area contributed by atoms with Gasteiger partial charge in [0, 0.05) is 28.8 Å². The zero-order valence-corrected chi connectivity index (χ0v) is 17.3. The van der Waals surface area contributed by atoms with Crippen LogP contribution in [0, 0.1) is 19.7 Å². The van der Waals surface area contributed by atoms with Crippen LogP contribution in [0.4, 0.5) is 10.1 Å². The van der Waals surface area contributed by atoms with Gasteiger partial charge in [0.15, 0.2) is 5.76 Å². The lowest BCUT2D eigenvalue weighted by molar-refractivity contribution is 0.0953. The number of furan rings is 1. The van der Waals surface area contributed by atoms with Gasteiger partial charge >= 0.3 is 0 Å². The zero-order chi connectivity index (χ0) is 22.0. The van der Waals surface area contributed by atoms with Crippen LogP contribution in [0.25, 0.3) is 0 Å². The van der Waals surface area contributed by atoms with Crippen molar-refractivity contribution in [3.8, 4) is 0 Å². The third-order valence-corrected chi connectivity index (χ3v) is 5.24. The van der Waals surface area contributed by atoms with E-state index in [2.05, 4.69) is 15.8 Å². The number of benzene rings is 2. The summed E-state index contributed by atoms with van der Waals surface area (Å²) in [6.45, 7) is 3.75. The van der Waals surface area contributed by atoms with E-state index < -0.39 is 5.91 Å². The molecule has 0 aliphatic heterocycles. The molecule has 0 fully saturated rings. The fourth-order valence-corrected chi connectivity index (χ4v) is 3.61. The molecule has 0 spiro atoms. The van der Waals surface area contributed by atoms with Crippen LogP contribution in [0.5, 0.6) is 0 Å². The fraction of sp³-hybridized carbons (Fsp3) is 0.208. The van der Waals surface area contributed by atoms with Gasteiger partial charge in [0.05, 0.1) is 5.71 Å². The van der Waals surface area contributed by atoms with Crippen LogP contribution in [0.15, 0.2) is 58.0 Å². The molecular formula is C24H22FN3O3. The molecule has 2 N–H and O–H groups in total. The van der Waals surface area contributed by atoms with Crippen LogP contribution >= 0.6 is 0 Å². The van der Waals surface area contributed by atoms with E-state index in [-0.39, 0.29) is 17.5 Å². The summed E-state index contributed by atoms with van der Waals surface area (Å²) in [7, 11) is 0. The Bertz CT molecular complexity index is 1160. The number of hydrogen-bond donors (Lipinski definition) is 2. The first-order valence-corrected chi connectivity index (χ1v) is 10.1. The minimum Gasteiger partial charge on any atom is -0.455 e. The van der Waals surface area contributed by atoms with Crippen molar-refractivity contribution in [1.29, 1.82) is 0 Å². The van der Waals surface area contributed by atoms with Gasteiger partial charge in [0.25, 0.3) is 11.8 Å². The second-order valence-electron chi connectivity index (χ2n) is 7.53. The van der Waals surface area contributed by atoms with Crippen molar-refractivity contribution >= 4 is 23.2 Å². The van der Waals surface area contributed by atoms with Crippen molar-refractivity contribution < 1.29 is 18.4 Å². The third kappa shape index (κ3) is 4.40. The summed E-state index contributed by atoms with van der Waals surface area (Å²) in [5, 5.41) is 7.05. The lowest BCUT2D eigenvalue weighted by atomic mass is 9.93. The standard InChI is InChI=1S/C24H22FN3O3/c1-14-6-8-16(9-7-14)23(29)28-27-19-4-3-5-20-21(19)15(2)22(31-20)24(30)26-18-12-10-17(25)11-13-18/h6-13H,3-5H2,1-2H3,(H,26,30)(H,28,29)/b27-19+. The number of amides is 2. The van der Waals surface area contributed by atoms with Gasteiger partial charge in [0.1, 0.15) is 11.6 Å². The molecule has 0 saturated heterocycles. The van der Waals surface area contributed by atoms with Gasteiger partial charge in [-0.25, -0.2) is 9.82 Å². The highest BCUT2D eigenvalue weighted by Crippen LogP contribution is 2.30. The minimum atomic E-state index is -0.415. The number of anilines is 1. The Hall–Kier alpha value is -3.74. The molecular weight excluding hydrogens is 397 g/mol. The Morgan fingerprint density at radius 2 is 1.68 bits per heavy atom. The number of nitrogens with one attached hydrogen (secondary N) is 2. The van der Waals surface area contributed by atoms with Gasteiger partial charge in [-0.15, -0.1) is 0 Å². The quantitative estimate of drug-likeness (QED) is 0.598. The highest BCUT2D eigenvalue weighted by molar-refractivity contribution is 6.09. The molecule has 1 aromatic heterocycles. The van der Waals surface area contributed by atoms with Crippen LogP contribution in [0.1, 0.15) is 56.2 Å². The van der Waals surface area contributed by atoms with Gasteiger partial charge in [-0.3, -0.25) is 9.59 Å². The Kier molecular flexibility index (Phi) is 5.66. The zero-order valence-electron chi connectivity index (χ0n) is 17.3. The molecule has 6 nitrogen and oxygen atoms in total. The van der Waals surface area contributed by atoms with Crippen LogP contribution < -0.4 is 10.7 Å². The lowest BCUT2D eigenvalue weighted by Gasteiger charge is -2.13. The summed E-state index contributed by atoms with van der Waals surface area (Å²) < 4.78 is 18.9. The predicted octanol–water partition coefficient (Wildman–Crippen LogP) is 4.76. The first kappa shape index (κ1) is 20.5. The Labute approximate surface area is 179 Å². The maximum atomic E-state index is 13.1. The number of halogens is 1. The number of fused-ring (bicyclic) bond motifs is 1. The van der Waals surface area contributed by atoms with Crippen molar-refractivity contribution in [2.45, 2.75) is 33.1 Å². The summed E-state index contributed by atoms with van der Waals surface area (Å²) in [5.41, 5.74) is 6.79. The normalized spacial score (nSPS) is 14.2. The second-order valence-corrected chi connectivity index (χ2v) is 7.53. The first-order chi connectivity index (χ1) is 14.9. The predicted molar refractivity (Wildman–Crippen MR) is 116 cm³/mol. The number of carbonyl (C=O) groups is 2. The van der Waals surface area contributed by atoms with Gasteiger partial charge < -0.3 is 9.73 Å². The molecule has 7 heteroatoms. The molecule has 1 heterocycles. The molecule has 3 aromatic rings. The van der Waals surface area contributed by atoms with E-state index in [4.69, 9.17) is 4.42 Å². The number of rotatable bonds is 4. The van der Waals surface area contributed by atoms with Crippen LogP contribution in [-0.2, 0) is 6.42 Å². The highest BCUT2D eigenvalue weighted by Gasteiger charge is 2.28. The summed E-state index contributed by atoms with van der Waals surface area (Å²) in [5.74, 6) is -0.224. The third-order valence-electron chi connectivity index (χ3n) is 5.24. The summed E-state index contributed by atoms with van der Waals surface area (Å²) in [6.07, 6.45) is 2.16. The monoisotopic (exact) mass is 419 g/mol. The molecule has 0 unspecified atom stereocenters. The molecule has 31 heavy (non-hydrogen) atoms. The molecule has 0 saturated carbocycles. The van der Waals surface area contributed by atoms with Crippen molar-refractivity contribution in [3.05, 3.63) is 88.1 Å². The molecule has 2 aromatic carbocycles. The number of hydrogen-bond acceptors (Lipinski definition) is 4. The van der Waals surface area contributed by atoms with E-state index in [0.717, 1.165) is 17.5 Å². The van der Waals surface area contributed by atoms with Crippen LogP contribution in [-0.4, -0.2) is 17.5 Å². The maximum Gasteiger partial charge on any atom is 0.291 e. The van der Waals surface area contributed by atoms with E-state index >= 15 is 0 Å². The van der Waals surface area contributed by atoms with Crippen molar-refractivity contribution in [3.63, 3.8) is 0 Å². The largest absolute Gasteiger partial charge is 0.455 e. The lowest BCUT2D eigenvalue weighted by Crippen LogP contribution is -2.22. The van der Waals surface area contributed by atoms with E-state index in [1.54, 1.807) is 19.1 Å². The van der Waals surface area contributed by atoms with E-state index in [9.17, 15) is 14.0 Å². The second kappa shape index (κ2) is 8.55. The van der Waals surface area contributed by atoms with Crippen molar-refractivity contribution in [2.75, 3.05) is 5.32 Å². The minimum absolute atomic E-state index is 0.189. The highest BCUT2D eigenvalue weighted by atomic mass is 19.1. The summed E-state index contributed by atoms with van der Waals surface area (Å²) in [4.78, 5) is 25.1. The van der Waals surface area contributed by atoms with Crippen molar-refractivity contribution in [2.24, 2.45) is 5.10 Å². The van der Waals surface area contributed by atoms with E-state index in [1.807, 2.05) is 19.1 Å². The van der Waals surface area contributed by atoms with Crippen molar-refractivity contribution in [1.82, 2.24) is 5.43 Å². The Morgan fingerprint density at radius 1 is 0.968 bits per heavy atom. The molecule has 0 atom stereocenters. The number of carbonyl (C=O) groups excluding carboxylic acids is 2. The maximum absolute atomic E-state index is 13.1. The average molecular weight is 419 g/mol. The molecule has 0 radical (unpaired) electrons. The van der Waals surface area contributed by atoms with Crippen LogP contribution in [0.2, 0.25) is 0 Å². The number of hydrazone groups is 1. The smallest absolute Gasteiger partial charge is 0.291 e. The first-order valence-electron chi connectivity index (χ1n) is 10.1. The molecule has 1 aliphatic carbocycles. The number of nitrogens with zero attached hydrogens (tertiary/aromatic N) is 1. The Balaban J connectivity index is 1.55. The molecule has 1 aliphatic rings. The molecule has 2 amide bonds. The SMILES string of the molecule is Cc1ccc(C(=O)N/N=C2\CCCc3oc(C(=O)Nc4ccc(F)cc4)c(C)c32)cc1. The molecule has 158 valence electrons. The number of aryl methyl sites for hydroxylation is 2. The van der Waals surface area contributed by atoms with Gasteiger partial charge in [-0.2, -0.15) is 5.10 Å². The summed E-state index contributed by atoms with van der Waals surface area (Å²) in [6, 6.07) is 12.8. The fourth-order valence-electron chi connectivity index (χ4n) is 3.61. The summed E-state index contributed by atoms with van der Waals surface area (Å²) >= 11 is 0. The molecule has 4 rings (SSSR count).